The van der Waals surface area contributed by atoms with Crippen molar-refractivity contribution in [3.8, 4) is 0 Å². The van der Waals surface area contributed by atoms with Crippen molar-refractivity contribution in [2.24, 2.45) is 57.2 Å². The van der Waals surface area contributed by atoms with Crippen LogP contribution in [0.5, 0.6) is 0 Å². The molecule has 1 radical (unpaired) electrons. The van der Waals surface area contributed by atoms with Crippen LogP contribution < -0.4 is 0 Å². The second kappa shape index (κ2) is 9.72. The summed E-state index contributed by atoms with van der Waals surface area (Å²) >= 11 is 0. The second-order valence-corrected chi connectivity index (χ2v) is 18.7. The van der Waals surface area contributed by atoms with Crippen LogP contribution in [0.1, 0.15) is 74.1 Å². The third-order valence-corrected chi connectivity index (χ3v) is 13.5. The molecule has 13 atom stereocenters. The third-order valence-electron chi connectivity index (χ3n) is 12.8. The number of aldehydes is 1. The molecule has 249 valence electrons. The fraction of sp³-hybridized carbons (Fsp3) is 0.853. The Kier molecular flexibility index (Phi) is 6.90. The highest BCUT2D eigenvalue weighted by Crippen LogP contribution is 2.83. The number of carboxylic acid groups (broad SMARTS) is 1. The van der Waals surface area contributed by atoms with Gasteiger partial charge in [0.05, 0.1) is 17.9 Å². The van der Waals surface area contributed by atoms with Crippen LogP contribution in [0.15, 0.2) is 11.6 Å². The van der Waals surface area contributed by atoms with Gasteiger partial charge in [0.15, 0.2) is 12.2 Å². The van der Waals surface area contributed by atoms with E-state index in [2.05, 4.69) is 13.0 Å². The molecule has 4 aliphatic heterocycles. The molecule has 13 unspecified atom stereocenters. The monoisotopic (exact) mass is 645 g/mol. The van der Waals surface area contributed by atoms with Crippen LogP contribution in [0.4, 0.5) is 0 Å². The van der Waals surface area contributed by atoms with Crippen LogP contribution in [0.2, 0.25) is 13.1 Å². The highest BCUT2D eigenvalue weighted by molar-refractivity contribution is 6.48. The molecule has 8 aliphatic rings. The average Bonchev–Trinajstić information content (AvgIpc) is 3.61. The number of hydrogen-bond donors (Lipinski definition) is 1. The molecule has 7 fully saturated rings. The second-order valence-electron chi connectivity index (χ2n) is 16.6. The molecule has 8 rings (SSSR count). The third kappa shape index (κ3) is 3.71. The van der Waals surface area contributed by atoms with Gasteiger partial charge < -0.3 is 33.3 Å². The molecule has 0 spiro atoms. The number of ether oxygens (including phenoxy) is 5. The van der Waals surface area contributed by atoms with Crippen LogP contribution in [-0.4, -0.2) is 69.2 Å². The number of aliphatic carboxylic acids is 1. The minimum absolute atomic E-state index is 0.0251. The van der Waals surface area contributed by atoms with Crippen LogP contribution in [0, 0.1) is 57.2 Å². The Hall–Kier alpha value is -1.63. The van der Waals surface area contributed by atoms with Gasteiger partial charge in [0.1, 0.15) is 17.8 Å². The molecule has 0 aromatic heterocycles. The summed E-state index contributed by atoms with van der Waals surface area (Å²) in [7, 11) is -1.38. The van der Waals surface area contributed by atoms with Gasteiger partial charge in [0.25, 0.3) is 5.97 Å². The first kappa shape index (κ1) is 31.9. The standard InChI is InChI=1S/C34H49O10Si/c1-17(2)23-12-20-13-30(15-35)22-11-10-18(3)21(22)14-31(20,32(23,30)28(37)38)16-39-33-26(29(5,6)7)24-25(40-19(4)36)27(42-33)34(41-24,43-33)44-45(8)9/h12,15,17-18,20-22,24-27H,10-11,13-14,16H2,1-9H3,(H,37,38). The normalized spacial score (nSPS) is 50.4. The molecule has 1 N–H and O–H groups in total. The number of hydrogen-bond acceptors (Lipinski definition) is 9. The van der Waals surface area contributed by atoms with Gasteiger partial charge in [-0.3, -0.25) is 14.3 Å². The molecule has 4 aliphatic carbocycles. The zero-order valence-electron chi connectivity index (χ0n) is 28.0. The van der Waals surface area contributed by atoms with E-state index in [0.717, 1.165) is 24.7 Å². The summed E-state index contributed by atoms with van der Waals surface area (Å²) in [6.07, 6.45) is 3.96. The van der Waals surface area contributed by atoms with Crippen molar-refractivity contribution in [3.05, 3.63) is 11.6 Å². The number of rotatable bonds is 9. The Balaban J connectivity index is 1.34. The smallest absolute Gasteiger partial charge is 0.315 e. The zero-order chi connectivity index (χ0) is 32.7. The average molecular weight is 646 g/mol. The molecule has 3 saturated carbocycles. The van der Waals surface area contributed by atoms with Gasteiger partial charge in [0.2, 0.25) is 9.04 Å². The van der Waals surface area contributed by atoms with Crippen LogP contribution in [0.25, 0.3) is 0 Å². The lowest BCUT2D eigenvalue weighted by Crippen LogP contribution is -2.66. The van der Waals surface area contributed by atoms with Gasteiger partial charge in [0, 0.05) is 12.3 Å². The van der Waals surface area contributed by atoms with Gasteiger partial charge in [-0.1, -0.05) is 59.6 Å². The largest absolute Gasteiger partial charge is 0.481 e. The molecule has 8 bridgehead atoms. The maximum absolute atomic E-state index is 14.0. The summed E-state index contributed by atoms with van der Waals surface area (Å²) in [4.78, 5) is 39.7. The maximum atomic E-state index is 14.0. The van der Waals surface area contributed by atoms with Crippen molar-refractivity contribution in [3.63, 3.8) is 0 Å². The quantitative estimate of drug-likeness (QED) is 0.160. The lowest BCUT2D eigenvalue weighted by atomic mass is 9.43. The van der Waals surface area contributed by atoms with Gasteiger partial charge in [-0.25, -0.2) is 0 Å². The van der Waals surface area contributed by atoms with Crippen molar-refractivity contribution in [2.75, 3.05) is 6.61 Å². The van der Waals surface area contributed by atoms with Crippen LogP contribution >= 0.6 is 0 Å². The van der Waals surface area contributed by atoms with E-state index in [1.165, 1.54) is 6.92 Å². The topological polar surface area (TPSA) is 127 Å². The fourth-order valence-corrected chi connectivity index (χ4v) is 12.4. The van der Waals surface area contributed by atoms with E-state index in [9.17, 15) is 19.5 Å². The maximum Gasteiger partial charge on any atom is 0.315 e. The summed E-state index contributed by atoms with van der Waals surface area (Å²) in [5.41, 5.74) is -2.90. The fourth-order valence-electron chi connectivity index (χ4n) is 11.7. The Morgan fingerprint density at radius 2 is 1.87 bits per heavy atom. The molecule has 0 aromatic rings. The first-order valence-corrected chi connectivity index (χ1v) is 19.1. The first-order chi connectivity index (χ1) is 21.0. The summed E-state index contributed by atoms with van der Waals surface area (Å²) < 4.78 is 39.1. The predicted molar refractivity (Wildman–Crippen MR) is 161 cm³/mol. The number of fused-ring (bicyclic) bond motifs is 2. The zero-order valence-corrected chi connectivity index (χ0v) is 29.0. The SMILES string of the molecule is CC(=O)OC1C2OC3(O[Si](C)C)OC(OCC45CC6C(C)CCC6C6(C=O)CC4C=C(C(C)C)C65C(=O)O)(OC13)C2C(C)(C)C. The molecular weight excluding hydrogens is 596 g/mol. The minimum atomic E-state index is -1.63. The number of allylic oxidation sites excluding steroid dienone is 1. The number of carbonyl (C=O) groups excluding carboxylic acids is 2. The lowest BCUT2D eigenvalue weighted by Gasteiger charge is -2.59. The van der Waals surface area contributed by atoms with Gasteiger partial charge >= 0.3 is 17.9 Å². The van der Waals surface area contributed by atoms with Crippen molar-refractivity contribution in [1.29, 1.82) is 0 Å². The van der Waals surface area contributed by atoms with Crippen molar-refractivity contribution in [2.45, 2.75) is 118 Å². The molecule has 4 saturated heterocycles. The van der Waals surface area contributed by atoms with Crippen molar-refractivity contribution >= 4 is 27.3 Å². The Morgan fingerprint density at radius 1 is 1.16 bits per heavy atom. The number of carboxylic acids is 1. The van der Waals surface area contributed by atoms with Gasteiger partial charge in [-0.05, 0) is 67.4 Å². The van der Waals surface area contributed by atoms with Gasteiger partial charge in [-0.15, -0.1) is 0 Å². The highest BCUT2D eigenvalue weighted by Gasteiger charge is 2.86. The molecule has 4 heterocycles. The van der Waals surface area contributed by atoms with E-state index in [4.69, 9.17) is 28.1 Å². The highest BCUT2D eigenvalue weighted by atomic mass is 28.3. The molecule has 0 amide bonds. The molecule has 0 aromatic carbocycles. The van der Waals surface area contributed by atoms with E-state index < -0.39 is 78.8 Å². The Morgan fingerprint density at radius 3 is 2.44 bits per heavy atom. The molecular formula is C34H49O10Si. The number of carbonyl (C=O) groups is 3. The first-order valence-electron chi connectivity index (χ1n) is 16.7. The number of esters is 1. The molecule has 10 nitrogen and oxygen atoms in total. The van der Waals surface area contributed by atoms with Gasteiger partial charge in [-0.2, -0.15) is 0 Å². The van der Waals surface area contributed by atoms with Crippen molar-refractivity contribution < 1.29 is 47.6 Å². The Labute approximate surface area is 267 Å². The van der Waals surface area contributed by atoms with Crippen molar-refractivity contribution in [1.82, 2.24) is 0 Å². The van der Waals surface area contributed by atoms with E-state index >= 15 is 0 Å². The van der Waals surface area contributed by atoms with Crippen LogP contribution in [-0.2, 0) is 42.5 Å². The summed E-state index contributed by atoms with van der Waals surface area (Å²) in [5, 5.41) is 11.4. The molecule has 11 heteroatoms. The summed E-state index contributed by atoms with van der Waals surface area (Å²) in [6.45, 7) is 17.8. The van der Waals surface area contributed by atoms with E-state index in [1.807, 2.05) is 47.7 Å². The van der Waals surface area contributed by atoms with Crippen LogP contribution in [0.3, 0.4) is 0 Å². The van der Waals surface area contributed by atoms with E-state index in [1.54, 1.807) is 0 Å². The summed E-state index contributed by atoms with van der Waals surface area (Å²) in [6, 6.07) is 0. The molecule has 45 heavy (non-hydrogen) atoms. The lowest BCUT2D eigenvalue weighted by molar-refractivity contribution is -0.491. The minimum Gasteiger partial charge on any atom is -0.481 e. The van der Waals surface area contributed by atoms with E-state index in [-0.39, 0.29) is 30.3 Å². The van der Waals surface area contributed by atoms with E-state index in [0.29, 0.717) is 18.8 Å². The summed E-state index contributed by atoms with van der Waals surface area (Å²) in [5.74, 6) is -4.70. The predicted octanol–water partition coefficient (Wildman–Crippen LogP) is 4.92. The Bertz CT molecular complexity index is 1340.